The third-order valence-electron chi connectivity index (χ3n) is 5.88. The molecule has 0 bridgehead atoms. The third-order valence-corrected chi connectivity index (χ3v) is 5.88. The second kappa shape index (κ2) is 7.81. The van der Waals surface area contributed by atoms with E-state index in [9.17, 15) is 4.79 Å². The largest absolute Gasteiger partial charge is 0.497 e. The van der Waals surface area contributed by atoms with E-state index in [0.717, 1.165) is 43.4 Å². The van der Waals surface area contributed by atoms with Gasteiger partial charge in [-0.25, -0.2) is 9.78 Å². The van der Waals surface area contributed by atoms with Crippen molar-refractivity contribution in [2.75, 3.05) is 56.2 Å². The predicted molar refractivity (Wildman–Crippen MR) is 114 cm³/mol. The molecule has 2 aliphatic heterocycles. The highest BCUT2D eigenvalue weighted by molar-refractivity contribution is 5.86. The lowest BCUT2D eigenvalue weighted by Gasteiger charge is -2.35. The standard InChI is InChI=1S/C21H25N7O2/c1-30-17-6-4-16(5-7-17)25-12-14-27(15-13-25)21(29)28-20-18(23-24-28)8-9-19(22-20)26-10-2-3-11-26/h4-9H,2-3,10-15H2,1H3. The second-order valence-electron chi connectivity index (χ2n) is 7.66. The van der Waals surface area contributed by atoms with E-state index in [0.29, 0.717) is 24.3 Å². The summed E-state index contributed by atoms with van der Waals surface area (Å²) in [6.45, 7) is 4.77. The molecule has 1 amide bonds. The Balaban J connectivity index is 1.30. The summed E-state index contributed by atoms with van der Waals surface area (Å²) in [5.74, 6) is 1.73. The summed E-state index contributed by atoms with van der Waals surface area (Å²) in [6, 6.07) is 11.7. The molecule has 0 radical (unpaired) electrons. The number of carbonyl (C=O) groups is 1. The van der Waals surface area contributed by atoms with Gasteiger partial charge in [0.05, 0.1) is 7.11 Å². The molecule has 0 N–H and O–H groups in total. The van der Waals surface area contributed by atoms with E-state index in [1.165, 1.54) is 17.5 Å². The molecule has 30 heavy (non-hydrogen) atoms. The molecule has 4 heterocycles. The Morgan fingerprint density at radius 2 is 1.63 bits per heavy atom. The van der Waals surface area contributed by atoms with Gasteiger partial charge in [0.2, 0.25) is 0 Å². The molecule has 0 atom stereocenters. The first-order chi connectivity index (χ1) is 14.7. The molecule has 5 rings (SSSR count). The summed E-state index contributed by atoms with van der Waals surface area (Å²) in [4.78, 5) is 24.2. The van der Waals surface area contributed by atoms with Crippen LogP contribution in [0.4, 0.5) is 16.3 Å². The number of fused-ring (bicyclic) bond motifs is 1. The molecule has 9 nitrogen and oxygen atoms in total. The molecular formula is C21H25N7O2. The minimum absolute atomic E-state index is 0.169. The number of ether oxygens (including phenoxy) is 1. The Hall–Kier alpha value is -3.36. The van der Waals surface area contributed by atoms with Crippen LogP contribution in [-0.4, -0.2) is 77.3 Å². The molecular weight excluding hydrogens is 382 g/mol. The van der Waals surface area contributed by atoms with Gasteiger partial charge in [0.25, 0.3) is 0 Å². The smallest absolute Gasteiger partial charge is 0.348 e. The number of hydrogen-bond donors (Lipinski definition) is 0. The van der Waals surface area contributed by atoms with Gasteiger partial charge in [-0.3, -0.25) is 0 Å². The number of pyridine rings is 1. The summed E-state index contributed by atoms with van der Waals surface area (Å²) in [6.07, 6.45) is 2.35. The number of piperazine rings is 1. The first kappa shape index (κ1) is 18.7. The van der Waals surface area contributed by atoms with Crippen LogP contribution in [0.15, 0.2) is 36.4 Å². The van der Waals surface area contributed by atoms with Crippen molar-refractivity contribution < 1.29 is 9.53 Å². The van der Waals surface area contributed by atoms with Crippen LogP contribution < -0.4 is 14.5 Å². The number of methoxy groups -OCH3 is 1. The molecule has 0 aliphatic carbocycles. The van der Waals surface area contributed by atoms with Crippen molar-refractivity contribution in [2.45, 2.75) is 12.8 Å². The van der Waals surface area contributed by atoms with E-state index < -0.39 is 0 Å². The monoisotopic (exact) mass is 407 g/mol. The van der Waals surface area contributed by atoms with Crippen molar-refractivity contribution in [2.24, 2.45) is 0 Å². The lowest BCUT2D eigenvalue weighted by molar-refractivity contribution is 0.193. The van der Waals surface area contributed by atoms with Crippen LogP contribution >= 0.6 is 0 Å². The minimum Gasteiger partial charge on any atom is -0.497 e. The van der Waals surface area contributed by atoms with Gasteiger partial charge in [0, 0.05) is 45.0 Å². The van der Waals surface area contributed by atoms with Gasteiger partial charge < -0.3 is 19.4 Å². The topological polar surface area (TPSA) is 79.6 Å². The summed E-state index contributed by atoms with van der Waals surface area (Å²) < 4.78 is 6.57. The lowest BCUT2D eigenvalue weighted by atomic mass is 10.2. The van der Waals surface area contributed by atoms with Gasteiger partial charge in [-0.05, 0) is 49.2 Å². The molecule has 0 spiro atoms. The Labute approximate surface area is 174 Å². The minimum atomic E-state index is -0.169. The first-order valence-electron chi connectivity index (χ1n) is 10.4. The lowest BCUT2D eigenvalue weighted by Crippen LogP contribution is -2.50. The van der Waals surface area contributed by atoms with Crippen molar-refractivity contribution in [3.63, 3.8) is 0 Å². The Morgan fingerprint density at radius 3 is 2.33 bits per heavy atom. The Morgan fingerprint density at radius 1 is 0.900 bits per heavy atom. The molecule has 156 valence electrons. The van der Waals surface area contributed by atoms with Gasteiger partial charge in [0.15, 0.2) is 5.65 Å². The average molecular weight is 407 g/mol. The van der Waals surface area contributed by atoms with E-state index in [1.54, 1.807) is 7.11 Å². The normalized spacial score (nSPS) is 17.0. The van der Waals surface area contributed by atoms with E-state index in [4.69, 9.17) is 9.72 Å². The molecule has 9 heteroatoms. The molecule has 0 unspecified atom stereocenters. The van der Waals surface area contributed by atoms with Crippen molar-refractivity contribution in [1.29, 1.82) is 0 Å². The Kier molecular flexibility index (Phi) is 4.86. The quantitative estimate of drug-likeness (QED) is 0.659. The molecule has 2 aromatic heterocycles. The average Bonchev–Trinajstić information content (AvgIpc) is 3.48. The molecule has 0 saturated carbocycles. The van der Waals surface area contributed by atoms with Crippen LogP contribution in [0.2, 0.25) is 0 Å². The van der Waals surface area contributed by atoms with Crippen LogP contribution in [0.3, 0.4) is 0 Å². The van der Waals surface area contributed by atoms with Gasteiger partial charge in [-0.15, -0.1) is 9.78 Å². The van der Waals surface area contributed by atoms with E-state index in [-0.39, 0.29) is 6.03 Å². The highest BCUT2D eigenvalue weighted by Gasteiger charge is 2.25. The Bertz CT molecular complexity index is 1040. The number of nitrogens with zero attached hydrogens (tertiary/aromatic N) is 7. The van der Waals surface area contributed by atoms with Crippen molar-refractivity contribution in [1.82, 2.24) is 24.9 Å². The van der Waals surface area contributed by atoms with Crippen LogP contribution in [0.25, 0.3) is 11.2 Å². The molecule has 2 fully saturated rings. The number of rotatable bonds is 3. The van der Waals surface area contributed by atoms with Crippen LogP contribution in [0.5, 0.6) is 5.75 Å². The fraction of sp³-hybridized carbons (Fsp3) is 0.429. The summed E-state index contributed by atoms with van der Waals surface area (Å²) in [5, 5.41) is 8.24. The number of amides is 1. The SMILES string of the molecule is COc1ccc(N2CCN(C(=O)n3nnc4ccc(N5CCCC5)nc43)CC2)cc1. The van der Waals surface area contributed by atoms with E-state index >= 15 is 0 Å². The van der Waals surface area contributed by atoms with Crippen LogP contribution in [0, 0.1) is 0 Å². The zero-order valence-electron chi connectivity index (χ0n) is 17.1. The maximum absolute atomic E-state index is 13.1. The van der Waals surface area contributed by atoms with Gasteiger partial charge in [-0.2, -0.15) is 0 Å². The van der Waals surface area contributed by atoms with Gasteiger partial charge in [0.1, 0.15) is 17.1 Å². The summed E-state index contributed by atoms with van der Waals surface area (Å²) >= 11 is 0. The molecule has 3 aromatic rings. The maximum atomic E-state index is 13.1. The number of carbonyl (C=O) groups excluding carboxylic acids is 1. The fourth-order valence-electron chi connectivity index (χ4n) is 4.13. The third kappa shape index (κ3) is 3.40. The van der Waals surface area contributed by atoms with Gasteiger partial charge >= 0.3 is 6.03 Å². The summed E-state index contributed by atoms with van der Waals surface area (Å²) in [5.41, 5.74) is 2.30. The highest BCUT2D eigenvalue weighted by Crippen LogP contribution is 2.22. The van der Waals surface area contributed by atoms with Crippen LogP contribution in [-0.2, 0) is 0 Å². The van der Waals surface area contributed by atoms with Crippen molar-refractivity contribution in [3.8, 4) is 5.75 Å². The fourth-order valence-corrected chi connectivity index (χ4v) is 4.13. The van der Waals surface area contributed by atoms with E-state index in [2.05, 4.69) is 20.1 Å². The molecule has 2 aliphatic rings. The van der Waals surface area contributed by atoms with E-state index in [1.807, 2.05) is 41.3 Å². The molecule has 2 saturated heterocycles. The van der Waals surface area contributed by atoms with Gasteiger partial charge in [-0.1, -0.05) is 5.21 Å². The summed E-state index contributed by atoms with van der Waals surface area (Å²) in [7, 11) is 1.66. The zero-order chi connectivity index (χ0) is 20.5. The number of aromatic nitrogens is 4. The number of anilines is 2. The number of benzene rings is 1. The predicted octanol–water partition coefficient (Wildman–Crippen LogP) is 2.23. The highest BCUT2D eigenvalue weighted by atomic mass is 16.5. The molecule has 1 aromatic carbocycles. The van der Waals surface area contributed by atoms with Crippen molar-refractivity contribution >= 4 is 28.7 Å². The first-order valence-corrected chi connectivity index (χ1v) is 10.4. The van der Waals surface area contributed by atoms with Crippen LogP contribution in [0.1, 0.15) is 12.8 Å². The second-order valence-corrected chi connectivity index (χ2v) is 7.66. The zero-order valence-corrected chi connectivity index (χ0v) is 17.1. The maximum Gasteiger partial charge on any atom is 0.348 e. The number of hydrogen-bond acceptors (Lipinski definition) is 7. The van der Waals surface area contributed by atoms with Crippen molar-refractivity contribution in [3.05, 3.63) is 36.4 Å².